The van der Waals surface area contributed by atoms with E-state index in [-0.39, 0.29) is 5.96 Å². The number of nitrogens with one attached hydrogen (secondary N) is 3. The highest BCUT2D eigenvalue weighted by atomic mass is 16.1. The van der Waals surface area contributed by atoms with E-state index in [1.807, 2.05) is 42.6 Å². The van der Waals surface area contributed by atoms with E-state index in [9.17, 15) is 4.79 Å². The summed E-state index contributed by atoms with van der Waals surface area (Å²) in [5, 5.41) is 13.4. The minimum Gasteiger partial charge on any atom is -0.360 e. The SMILES string of the molecule is CNC(=N)NC(C)(C=O)c1cccc(-c2ccc3c(c2)CC=N3)c1. The van der Waals surface area contributed by atoms with Crippen molar-refractivity contribution < 1.29 is 4.79 Å². The molecular weight excluding hydrogens is 300 g/mol. The number of hydrogen-bond acceptors (Lipinski definition) is 3. The van der Waals surface area contributed by atoms with Gasteiger partial charge in [-0.15, -0.1) is 0 Å². The highest BCUT2D eigenvalue weighted by Crippen LogP contribution is 2.31. The number of rotatable bonds is 4. The Labute approximate surface area is 141 Å². The first kappa shape index (κ1) is 15.9. The highest BCUT2D eigenvalue weighted by Gasteiger charge is 2.27. The van der Waals surface area contributed by atoms with Crippen LogP contribution in [0.5, 0.6) is 0 Å². The number of guanidine groups is 1. The average molecular weight is 320 g/mol. The van der Waals surface area contributed by atoms with E-state index in [0.717, 1.165) is 35.1 Å². The van der Waals surface area contributed by atoms with Gasteiger partial charge in [0.15, 0.2) is 5.96 Å². The zero-order chi connectivity index (χ0) is 17.2. The van der Waals surface area contributed by atoms with Gasteiger partial charge in [-0.05, 0) is 47.4 Å². The molecule has 24 heavy (non-hydrogen) atoms. The van der Waals surface area contributed by atoms with Crippen molar-refractivity contribution in [3.8, 4) is 11.1 Å². The Bertz CT molecular complexity index is 828. The Morgan fingerprint density at radius 1 is 1.25 bits per heavy atom. The summed E-state index contributed by atoms with van der Waals surface area (Å²) >= 11 is 0. The predicted molar refractivity (Wildman–Crippen MR) is 97.1 cm³/mol. The number of carbonyl (C=O) groups is 1. The number of aliphatic imine (C=N–C) groups is 1. The molecule has 122 valence electrons. The molecule has 1 heterocycles. The molecule has 2 aromatic carbocycles. The van der Waals surface area contributed by atoms with Gasteiger partial charge in [-0.25, -0.2) is 0 Å². The van der Waals surface area contributed by atoms with Gasteiger partial charge >= 0.3 is 0 Å². The summed E-state index contributed by atoms with van der Waals surface area (Å²) in [5.74, 6) is 0.102. The lowest BCUT2D eigenvalue weighted by Crippen LogP contribution is -2.48. The van der Waals surface area contributed by atoms with Gasteiger partial charge < -0.3 is 15.4 Å². The summed E-state index contributed by atoms with van der Waals surface area (Å²) in [5.41, 5.74) is 4.22. The molecule has 0 aromatic heterocycles. The van der Waals surface area contributed by atoms with Gasteiger partial charge in [0.1, 0.15) is 11.8 Å². The largest absolute Gasteiger partial charge is 0.360 e. The molecule has 3 N–H and O–H groups in total. The van der Waals surface area contributed by atoms with Crippen molar-refractivity contribution >= 4 is 24.1 Å². The van der Waals surface area contributed by atoms with Crippen molar-refractivity contribution in [2.24, 2.45) is 4.99 Å². The second-order valence-electron chi connectivity index (χ2n) is 6.01. The molecule has 1 atom stereocenters. The van der Waals surface area contributed by atoms with E-state index in [0.29, 0.717) is 0 Å². The van der Waals surface area contributed by atoms with Crippen LogP contribution in [-0.2, 0) is 16.8 Å². The Morgan fingerprint density at radius 3 is 2.79 bits per heavy atom. The topological polar surface area (TPSA) is 77.3 Å². The normalized spacial score (nSPS) is 14.6. The van der Waals surface area contributed by atoms with Crippen LogP contribution in [0.25, 0.3) is 11.1 Å². The van der Waals surface area contributed by atoms with Crippen molar-refractivity contribution in [3.05, 3.63) is 53.6 Å². The zero-order valence-electron chi connectivity index (χ0n) is 13.8. The van der Waals surface area contributed by atoms with E-state index < -0.39 is 5.54 Å². The first-order chi connectivity index (χ1) is 11.6. The molecule has 1 unspecified atom stereocenters. The first-order valence-electron chi connectivity index (χ1n) is 7.83. The molecule has 0 amide bonds. The summed E-state index contributed by atoms with van der Waals surface area (Å²) in [7, 11) is 1.64. The molecule has 5 nitrogen and oxygen atoms in total. The van der Waals surface area contributed by atoms with Gasteiger partial charge in [-0.1, -0.05) is 24.3 Å². The molecule has 0 saturated carbocycles. The molecule has 0 saturated heterocycles. The van der Waals surface area contributed by atoms with Gasteiger partial charge in [0.25, 0.3) is 0 Å². The average Bonchev–Trinajstić information content (AvgIpc) is 3.09. The Hall–Kier alpha value is -2.95. The van der Waals surface area contributed by atoms with Crippen LogP contribution in [-0.4, -0.2) is 25.5 Å². The third-order valence-corrected chi connectivity index (χ3v) is 4.29. The van der Waals surface area contributed by atoms with Crippen LogP contribution in [0.3, 0.4) is 0 Å². The first-order valence-corrected chi connectivity index (χ1v) is 7.83. The molecule has 2 aromatic rings. The van der Waals surface area contributed by atoms with Crippen LogP contribution in [0.1, 0.15) is 18.1 Å². The molecule has 0 aliphatic carbocycles. The van der Waals surface area contributed by atoms with Crippen LogP contribution in [0, 0.1) is 5.41 Å². The molecular formula is C19H20N4O. The van der Waals surface area contributed by atoms with Gasteiger partial charge in [0.05, 0.1) is 5.69 Å². The summed E-state index contributed by atoms with van der Waals surface area (Å²) < 4.78 is 0. The lowest BCUT2D eigenvalue weighted by Gasteiger charge is -2.27. The maximum atomic E-state index is 11.7. The van der Waals surface area contributed by atoms with E-state index in [2.05, 4.69) is 21.7 Å². The van der Waals surface area contributed by atoms with Crippen molar-refractivity contribution in [3.63, 3.8) is 0 Å². The third kappa shape index (κ3) is 2.93. The van der Waals surface area contributed by atoms with Crippen LogP contribution in [0.15, 0.2) is 47.5 Å². The fourth-order valence-corrected chi connectivity index (χ4v) is 2.81. The van der Waals surface area contributed by atoms with Crippen LogP contribution < -0.4 is 10.6 Å². The molecule has 3 rings (SSSR count). The third-order valence-electron chi connectivity index (χ3n) is 4.29. The van der Waals surface area contributed by atoms with Crippen LogP contribution in [0.4, 0.5) is 5.69 Å². The summed E-state index contributed by atoms with van der Waals surface area (Å²) in [6.07, 6.45) is 3.60. The van der Waals surface area contributed by atoms with E-state index >= 15 is 0 Å². The molecule has 1 aliphatic heterocycles. The Morgan fingerprint density at radius 2 is 2.04 bits per heavy atom. The number of fused-ring (bicyclic) bond motifs is 1. The lowest BCUT2D eigenvalue weighted by molar-refractivity contribution is -0.112. The highest BCUT2D eigenvalue weighted by molar-refractivity contribution is 5.83. The Balaban J connectivity index is 1.97. The standard InChI is InChI=1S/C19H20N4O/c1-19(12-24,23-18(20)21-2)16-5-3-4-13(11-16)14-6-7-17-15(10-14)8-9-22-17/h3-7,9-12H,8H2,1-2H3,(H3,20,21,23). The molecule has 5 heteroatoms. The maximum Gasteiger partial charge on any atom is 0.189 e. The minimum atomic E-state index is -0.962. The van der Waals surface area contributed by atoms with Crippen molar-refractivity contribution in [1.82, 2.24) is 10.6 Å². The van der Waals surface area contributed by atoms with Gasteiger partial charge in [0.2, 0.25) is 0 Å². The minimum absolute atomic E-state index is 0.102. The van der Waals surface area contributed by atoms with Crippen LogP contribution in [0.2, 0.25) is 0 Å². The molecule has 0 radical (unpaired) electrons. The van der Waals surface area contributed by atoms with Crippen molar-refractivity contribution in [2.75, 3.05) is 7.05 Å². The Kier molecular flexibility index (Phi) is 4.16. The molecule has 0 bridgehead atoms. The molecule has 1 aliphatic rings. The van der Waals surface area contributed by atoms with Crippen molar-refractivity contribution in [2.45, 2.75) is 18.9 Å². The zero-order valence-corrected chi connectivity index (χ0v) is 13.8. The summed E-state index contributed by atoms with van der Waals surface area (Å²) in [6.45, 7) is 1.77. The number of carbonyl (C=O) groups excluding carboxylic acids is 1. The van der Waals surface area contributed by atoms with Crippen LogP contribution >= 0.6 is 0 Å². The lowest BCUT2D eigenvalue weighted by atomic mass is 9.90. The van der Waals surface area contributed by atoms with Gasteiger partial charge in [-0.2, -0.15) is 0 Å². The number of aldehydes is 1. The maximum absolute atomic E-state index is 11.7. The molecule has 0 fully saturated rings. The predicted octanol–water partition coefficient (Wildman–Crippen LogP) is 2.77. The quantitative estimate of drug-likeness (QED) is 0.460. The van der Waals surface area contributed by atoms with E-state index in [1.165, 1.54) is 5.56 Å². The second-order valence-corrected chi connectivity index (χ2v) is 6.01. The summed E-state index contributed by atoms with van der Waals surface area (Å²) in [6, 6.07) is 14.0. The number of hydrogen-bond donors (Lipinski definition) is 3. The second kappa shape index (κ2) is 6.28. The number of nitrogens with zero attached hydrogens (tertiary/aromatic N) is 1. The smallest absolute Gasteiger partial charge is 0.189 e. The number of benzene rings is 2. The van der Waals surface area contributed by atoms with E-state index in [1.54, 1.807) is 14.0 Å². The van der Waals surface area contributed by atoms with Gasteiger partial charge in [-0.3, -0.25) is 10.4 Å². The fraction of sp³-hybridized carbons (Fsp3) is 0.211. The van der Waals surface area contributed by atoms with Gasteiger partial charge in [0, 0.05) is 19.7 Å². The van der Waals surface area contributed by atoms with E-state index in [4.69, 9.17) is 5.41 Å². The monoisotopic (exact) mass is 320 g/mol. The summed E-state index contributed by atoms with van der Waals surface area (Å²) in [4.78, 5) is 16.0. The fourth-order valence-electron chi connectivity index (χ4n) is 2.81. The molecule has 0 spiro atoms. The van der Waals surface area contributed by atoms with Crippen molar-refractivity contribution in [1.29, 1.82) is 5.41 Å².